The number of amides is 1. The number of piperazine rings is 1. The summed E-state index contributed by atoms with van der Waals surface area (Å²) in [5.74, 6) is -1.50. The molecule has 0 bridgehead atoms. The molecule has 1 aliphatic rings. The number of nitriles is 1. The summed E-state index contributed by atoms with van der Waals surface area (Å²) in [5.41, 5.74) is 1.49. The number of ether oxygens (including phenoxy) is 1. The average Bonchev–Trinajstić information content (AvgIpc) is 2.77. The van der Waals surface area contributed by atoms with Crippen molar-refractivity contribution < 1.29 is 19.4 Å². The Morgan fingerprint density at radius 2 is 1.71 bits per heavy atom. The second kappa shape index (κ2) is 10.2. The second-order valence-corrected chi connectivity index (χ2v) is 7.60. The van der Waals surface area contributed by atoms with Gasteiger partial charge in [0.2, 0.25) is 0 Å². The lowest BCUT2D eigenvalue weighted by Gasteiger charge is -2.36. The number of para-hydroxylation sites is 1. The molecule has 1 N–H and O–H groups in total. The third kappa shape index (κ3) is 5.69. The number of carbonyl (C=O) groups excluding carboxylic acids is 1. The van der Waals surface area contributed by atoms with E-state index >= 15 is 0 Å². The smallest absolute Gasteiger partial charge is 0.341 e. The van der Waals surface area contributed by atoms with Crippen molar-refractivity contribution >= 4 is 46.8 Å². The van der Waals surface area contributed by atoms with Gasteiger partial charge in [-0.15, -0.1) is 0 Å². The molecular formula is C22H19Cl2N3O4. The molecule has 0 saturated carbocycles. The summed E-state index contributed by atoms with van der Waals surface area (Å²) >= 11 is 12.3. The lowest BCUT2D eigenvalue weighted by atomic mass is 10.1. The number of nitrogens with zero attached hydrogens (tertiary/aromatic N) is 3. The van der Waals surface area contributed by atoms with Gasteiger partial charge in [0, 0.05) is 31.9 Å². The van der Waals surface area contributed by atoms with Crippen molar-refractivity contribution in [3.8, 4) is 11.8 Å². The second-order valence-electron chi connectivity index (χ2n) is 6.78. The molecule has 7 nitrogen and oxygen atoms in total. The molecular weight excluding hydrogens is 441 g/mol. The van der Waals surface area contributed by atoms with E-state index in [2.05, 4.69) is 4.90 Å². The minimum absolute atomic E-state index is 0.0322. The van der Waals surface area contributed by atoms with Crippen molar-refractivity contribution in [2.75, 3.05) is 37.7 Å². The number of carboxylic acid groups (broad SMARTS) is 1. The zero-order valence-corrected chi connectivity index (χ0v) is 17.9. The van der Waals surface area contributed by atoms with Crippen molar-refractivity contribution in [1.82, 2.24) is 4.90 Å². The summed E-state index contributed by atoms with van der Waals surface area (Å²) < 4.78 is 5.08. The molecule has 31 heavy (non-hydrogen) atoms. The minimum Gasteiger partial charge on any atom is -0.479 e. The van der Waals surface area contributed by atoms with Gasteiger partial charge in [-0.25, -0.2) is 4.79 Å². The van der Waals surface area contributed by atoms with Crippen LogP contribution in [0.2, 0.25) is 10.0 Å². The molecule has 2 aromatic carbocycles. The zero-order valence-electron chi connectivity index (χ0n) is 16.4. The van der Waals surface area contributed by atoms with E-state index in [1.54, 1.807) is 4.90 Å². The van der Waals surface area contributed by atoms with Crippen LogP contribution in [0.3, 0.4) is 0 Å². The number of carboxylic acids is 1. The van der Waals surface area contributed by atoms with Gasteiger partial charge >= 0.3 is 5.97 Å². The van der Waals surface area contributed by atoms with Gasteiger partial charge in [0.25, 0.3) is 5.91 Å². The van der Waals surface area contributed by atoms with Crippen LogP contribution in [0.4, 0.5) is 5.69 Å². The largest absolute Gasteiger partial charge is 0.479 e. The predicted octanol–water partition coefficient (Wildman–Crippen LogP) is 3.71. The lowest BCUT2D eigenvalue weighted by Crippen LogP contribution is -2.49. The molecule has 1 heterocycles. The van der Waals surface area contributed by atoms with Gasteiger partial charge in [-0.2, -0.15) is 5.26 Å². The van der Waals surface area contributed by atoms with Crippen LogP contribution < -0.4 is 9.64 Å². The Morgan fingerprint density at radius 1 is 1.10 bits per heavy atom. The van der Waals surface area contributed by atoms with Crippen molar-refractivity contribution in [2.24, 2.45) is 0 Å². The topological polar surface area (TPSA) is 93.9 Å². The highest BCUT2D eigenvalue weighted by Crippen LogP contribution is 2.35. The van der Waals surface area contributed by atoms with Gasteiger partial charge in [0.1, 0.15) is 11.6 Å². The minimum atomic E-state index is -1.17. The van der Waals surface area contributed by atoms with E-state index in [0.29, 0.717) is 31.7 Å². The van der Waals surface area contributed by atoms with Crippen LogP contribution >= 0.6 is 23.2 Å². The van der Waals surface area contributed by atoms with Gasteiger partial charge in [0.15, 0.2) is 12.4 Å². The Kier molecular flexibility index (Phi) is 7.40. The number of rotatable bonds is 6. The molecule has 0 radical (unpaired) electrons. The molecule has 0 aromatic heterocycles. The van der Waals surface area contributed by atoms with E-state index < -0.39 is 12.6 Å². The summed E-state index contributed by atoms with van der Waals surface area (Å²) in [6.07, 6.45) is 1.41. The van der Waals surface area contributed by atoms with Crippen molar-refractivity contribution in [3.05, 3.63) is 63.6 Å². The number of hydrogen-bond donors (Lipinski definition) is 1. The molecule has 1 saturated heterocycles. The van der Waals surface area contributed by atoms with E-state index in [1.807, 2.05) is 36.4 Å². The molecule has 9 heteroatoms. The molecule has 160 valence electrons. The fourth-order valence-corrected chi connectivity index (χ4v) is 3.83. The van der Waals surface area contributed by atoms with E-state index in [1.165, 1.54) is 18.2 Å². The predicted molar refractivity (Wildman–Crippen MR) is 118 cm³/mol. The third-order valence-electron chi connectivity index (χ3n) is 4.71. The van der Waals surface area contributed by atoms with Crippen LogP contribution in [0, 0.1) is 11.3 Å². The lowest BCUT2D eigenvalue weighted by molar-refractivity contribution is -0.139. The van der Waals surface area contributed by atoms with Crippen LogP contribution in [-0.2, 0) is 9.59 Å². The monoisotopic (exact) mass is 459 g/mol. The standard InChI is InChI=1S/C22H19Cl2N3O4/c23-18-11-15(12-19(24)21(18)31-14-20(28)29)10-16(13-25)22(30)27-8-6-26(7-9-27)17-4-2-1-3-5-17/h1-5,10-12H,6-9,14H2,(H,28,29)/b16-10-. The van der Waals surface area contributed by atoms with E-state index in [4.69, 9.17) is 33.0 Å². The summed E-state index contributed by atoms with van der Waals surface area (Å²) in [4.78, 5) is 27.4. The van der Waals surface area contributed by atoms with Crippen LogP contribution in [0.25, 0.3) is 6.08 Å². The first-order valence-electron chi connectivity index (χ1n) is 9.43. The maximum absolute atomic E-state index is 12.9. The molecule has 0 unspecified atom stereocenters. The van der Waals surface area contributed by atoms with Gasteiger partial charge in [-0.05, 0) is 35.9 Å². The maximum Gasteiger partial charge on any atom is 0.341 e. The first-order valence-corrected chi connectivity index (χ1v) is 10.2. The SMILES string of the molecule is N#C/C(=C/c1cc(Cl)c(OCC(=O)O)c(Cl)c1)C(=O)N1CCN(c2ccccc2)CC1. The number of aliphatic carboxylic acids is 1. The molecule has 0 aliphatic carbocycles. The van der Waals surface area contributed by atoms with Crippen LogP contribution in [0.5, 0.6) is 5.75 Å². The Morgan fingerprint density at radius 3 is 2.26 bits per heavy atom. The van der Waals surface area contributed by atoms with Crippen LogP contribution in [0.1, 0.15) is 5.56 Å². The fraction of sp³-hybridized carbons (Fsp3) is 0.227. The van der Waals surface area contributed by atoms with E-state index in [9.17, 15) is 14.9 Å². The summed E-state index contributed by atoms with van der Waals surface area (Å²) in [6.45, 7) is 1.74. The van der Waals surface area contributed by atoms with Gasteiger partial charge < -0.3 is 19.6 Å². The fourth-order valence-electron chi connectivity index (χ4n) is 3.22. The van der Waals surface area contributed by atoms with E-state index in [0.717, 1.165) is 5.69 Å². The summed E-state index contributed by atoms with van der Waals surface area (Å²) in [7, 11) is 0. The highest BCUT2D eigenvalue weighted by Gasteiger charge is 2.24. The Bertz CT molecular complexity index is 1020. The zero-order chi connectivity index (χ0) is 22.4. The van der Waals surface area contributed by atoms with E-state index in [-0.39, 0.29) is 27.3 Å². The Hall–Kier alpha value is -3.21. The first kappa shape index (κ1) is 22.5. The normalized spacial score (nSPS) is 14.2. The van der Waals surface area contributed by atoms with Crippen molar-refractivity contribution in [1.29, 1.82) is 5.26 Å². The van der Waals surface area contributed by atoms with Crippen LogP contribution in [0.15, 0.2) is 48.0 Å². The summed E-state index contributed by atoms with van der Waals surface area (Å²) in [5, 5.41) is 18.4. The molecule has 1 aliphatic heterocycles. The highest BCUT2D eigenvalue weighted by molar-refractivity contribution is 6.37. The average molecular weight is 460 g/mol. The van der Waals surface area contributed by atoms with Gasteiger partial charge in [-0.1, -0.05) is 41.4 Å². The molecule has 3 rings (SSSR count). The molecule has 2 aromatic rings. The summed E-state index contributed by atoms with van der Waals surface area (Å²) in [6, 6.07) is 14.8. The Balaban J connectivity index is 1.71. The first-order chi connectivity index (χ1) is 14.9. The van der Waals surface area contributed by atoms with Crippen LogP contribution in [-0.4, -0.2) is 54.7 Å². The number of halogens is 2. The van der Waals surface area contributed by atoms with Crippen molar-refractivity contribution in [3.63, 3.8) is 0 Å². The number of hydrogen-bond acceptors (Lipinski definition) is 5. The molecule has 0 spiro atoms. The Labute approximate surface area is 189 Å². The van der Waals surface area contributed by atoms with Gasteiger partial charge in [0.05, 0.1) is 10.0 Å². The number of anilines is 1. The molecule has 1 amide bonds. The third-order valence-corrected chi connectivity index (χ3v) is 5.27. The molecule has 0 atom stereocenters. The maximum atomic E-state index is 12.9. The number of benzene rings is 2. The van der Waals surface area contributed by atoms with Crippen molar-refractivity contribution in [2.45, 2.75) is 0 Å². The molecule has 1 fully saturated rings. The quantitative estimate of drug-likeness (QED) is 0.522. The van der Waals surface area contributed by atoms with Gasteiger partial charge in [-0.3, -0.25) is 4.79 Å². The highest BCUT2D eigenvalue weighted by atomic mass is 35.5. The number of carbonyl (C=O) groups is 2.